The molecule has 5 nitrogen and oxygen atoms in total. The van der Waals surface area contributed by atoms with Crippen LogP contribution in [0.2, 0.25) is 0 Å². The van der Waals surface area contributed by atoms with E-state index >= 15 is 0 Å². The predicted octanol–water partition coefficient (Wildman–Crippen LogP) is 0.359. The van der Waals surface area contributed by atoms with E-state index in [9.17, 15) is 9.59 Å². The normalized spacial score (nSPS) is 10.4. The van der Waals surface area contributed by atoms with Crippen LogP contribution in [0.4, 0.5) is 0 Å². The van der Waals surface area contributed by atoms with Crippen molar-refractivity contribution < 1.29 is 9.59 Å². The van der Waals surface area contributed by atoms with Crippen molar-refractivity contribution >= 4 is 11.8 Å². The molecule has 0 radical (unpaired) electrons. The molecule has 17 heavy (non-hydrogen) atoms. The molecule has 0 aliphatic rings. The fourth-order valence-electron chi connectivity index (χ4n) is 1.44. The summed E-state index contributed by atoms with van der Waals surface area (Å²) in [6, 6.07) is 0.376. The summed E-state index contributed by atoms with van der Waals surface area (Å²) in [6.45, 7) is 7.53. The van der Waals surface area contributed by atoms with Crippen LogP contribution in [0.5, 0.6) is 0 Å². The number of nitrogens with one attached hydrogen (secondary N) is 2. The monoisotopic (exact) mass is 243 g/mol. The summed E-state index contributed by atoms with van der Waals surface area (Å²) in [6.07, 6.45) is 1.30. The molecule has 0 saturated heterocycles. The Balaban J connectivity index is 4.10. The summed E-state index contributed by atoms with van der Waals surface area (Å²) in [5, 5.41) is 5.73. The molecule has 0 unspecified atom stereocenters. The van der Waals surface area contributed by atoms with Gasteiger partial charge in [-0.05, 0) is 6.42 Å². The fourth-order valence-corrected chi connectivity index (χ4v) is 1.44. The molecule has 0 atom stereocenters. The first-order valence-electron chi connectivity index (χ1n) is 6.23. The second-order valence-electron chi connectivity index (χ2n) is 4.35. The summed E-state index contributed by atoms with van der Waals surface area (Å²) < 4.78 is 0. The minimum Gasteiger partial charge on any atom is -0.358 e. The molecule has 5 heteroatoms. The van der Waals surface area contributed by atoms with Crippen LogP contribution in [0.3, 0.4) is 0 Å². The van der Waals surface area contributed by atoms with Gasteiger partial charge in [0.05, 0.1) is 6.54 Å². The van der Waals surface area contributed by atoms with E-state index in [0.29, 0.717) is 25.6 Å². The molecule has 0 aliphatic heterocycles. The molecule has 0 bridgehead atoms. The standard InChI is InChI=1S/C12H25N3O2/c1-5-8-15(9-11(16)13-4)12(17)6-7-14-10(2)3/h10,14H,5-9H2,1-4H3,(H,13,16). The quantitative estimate of drug-likeness (QED) is 0.647. The minimum atomic E-state index is -0.122. The van der Waals surface area contributed by atoms with Crippen LogP contribution in [0.15, 0.2) is 0 Å². The number of nitrogens with zero attached hydrogens (tertiary/aromatic N) is 1. The molecule has 2 N–H and O–H groups in total. The van der Waals surface area contributed by atoms with Crippen LogP contribution in [0.25, 0.3) is 0 Å². The summed E-state index contributed by atoms with van der Waals surface area (Å²) in [4.78, 5) is 24.7. The first-order valence-corrected chi connectivity index (χ1v) is 6.23. The Morgan fingerprint density at radius 2 is 1.94 bits per heavy atom. The molecule has 0 aromatic carbocycles. The molecular weight excluding hydrogens is 218 g/mol. The highest BCUT2D eigenvalue weighted by atomic mass is 16.2. The van der Waals surface area contributed by atoms with Crippen molar-refractivity contribution in [2.45, 2.75) is 39.7 Å². The second-order valence-corrected chi connectivity index (χ2v) is 4.35. The molecule has 0 aliphatic carbocycles. The molecule has 100 valence electrons. The Morgan fingerprint density at radius 3 is 2.41 bits per heavy atom. The van der Waals surface area contributed by atoms with Gasteiger partial charge in [-0.15, -0.1) is 0 Å². The molecule has 0 saturated carbocycles. The second kappa shape index (κ2) is 8.98. The smallest absolute Gasteiger partial charge is 0.239 e. The van der Waals surface area contributed by atoms with Gasteiger partial charge in [-0.1, -0.05) is 20.8 Å². The lowest BCUT2D eigenvalue weighted by Crippen LogP contribution is -2.41. The summed E-state index contributed by atoms with van der Waals surface area (Å²) in [7, 11) is 1.58. The number of amides is 2. The molecular formula is C12H25N3O2. The van der Waals surface area contributed by atoms with Gasteiger partial charge in [-0.2, -0.15) is 0 Å². The average molecular weight is 243 g/mol. The van der Waals surface area contributed by atoms with Crippen molar-refractivity contribution in [1.82, 2.24) is 15.5 Å². The number of carbonyl (C=O) groups excluding carboxylic acids is 2. The third-order valence-corrected chi connectivity index (χ3v) is 2.35. The highest BCUT2D eigenvalue weighted by Crippen LogP contribution is 1.96. The van der Waals surface area contributed by atoms with Crippen LogP contribution in [-0.2, 0) is 9.59 Å². The van der Waals surface area contributed by atoms with Crippen molar-refractivity contribution in [3.05, 3.63) is 0 Å². The van der Waals surface area contributed by atoms with Crippen LogP contribution < -0.4 is 10.6 Å². The van der Waals surface area contributed by atoms with Gasteiger partial charge >= 0.3 is 0 Å². The molecule has 0 fully saturated rings. The third kappa shape index (κ3) is 7.74. The highest BCUT2D eigenvalue weighted by molar-refractivity contribution is 5.84. The van der Waals surface area contributed by atoms with Gasteiger partial charge in [0.25, 0.3) is 0 Å². The van der Waals surface area contributed by atoms with E-state index < -0.39 is 0 Å². The highest BCUT2D eigenvalue weighted by Gasteiger charge is 2.15. The predicted molar refractivity (Wildman–Crippen MR) is 68.7 cm³/mol. The van der Waals surface area contributed by atoms with E-state index in [2.05, 4.69) is 10.6 Å². The Kier molecular flexibility index (Phi) is 8.40. The van der Waals surface area contributed by atoms with Gasteiger partial charge in [0.1, 0.15) is 0 Å². The summed E-state index contributed by atoms with van der Waals surface area (Å²) in [5.41, 5.74) is 0. The first-order chi connectivity index (χ1) is 8.01. The number of likely N-dealkylation sites (N-methyl/N-ethyl adjacent to an activating group) is 1. The Labute approximate surface area is 104 Å². The van der Waals surface area contributed by atoms with Gasteiger partial charge in [0.15, 0.2) is 0 Å². The Hall–Kier alpha value is -1.10. The van der Waals surface area contributed by atoms with E-state index in [-0.39, 0.29) is 18.4 Å². The molecule has 0 rings (SSSR count). The van der Waals surface area contributed by atoms with E-state index in [1.807, 2.05) is 20.8 Å². The first kappa shape index (κ1) is 15.9. The molecule has 0 heterocycles. The van der Waals surface area contributed by atoms with E-state index in [1.54, 1.807) is 11.9 Å². The molecule has 0 aromatic rings. The van der Waals surface area contributed by atoms with Gasteiger partial charge < -0.3 is 15.5 Å². The zero-order valence-corrected chi connectivity index (χ0v) is 11.4. The zero-order chi connectivity index (χ0) is 13.3. The lowest BCUT2D eigenvalue weighted by Gasteiger charge is -2.21. The average Bonchev–Trinajstić information content (AvgIpc) is 2.27. The van der Waals surface area contributed by atoms with Crippen LogP contribution in [0, 0.1) is 0 Å². The zero-order valence-electron chi connectivity index (χ0n) is 11.4. The van der Waals surface area contributed by atoms with E-state index in [0.717, 1.165) is 6.42 Å². The van der Waals surface area contributed by atoms with Crippen LogP contribution >= 0.6 is 0 Å². The van der Waals surface area contributed by atoms with Crippen molar-refractivity contribution in [3.8, 4) is 0 Å². The molecule has 2 amide bonds. The van der Waals surface area contributed by atoms with Gasteiger partial charge in [-0.3, -0.25) is 9.59 Å². The maximum Gasteiger partial charge on any atom is 0.239 e. The van der Waals surface area contributed by atoms with Gasteiger partial charge in [0, 0.05) is 32.6 Å². The van der Waals surface area contributed by atoms with E-state index in [4.69, 9.17) is 0 Å². The number of hydrogen-bond acceptors (Lipinski definition) is 3. The topological polar surface area (TPSA) is 61.4 Å². The maximum absolute atomic E-state index is 11.9. The van der Waals surface area contributed by atoms with Gasteiger partial charge in [-0.25, -0.2) is 0 Å². The minimum absolute atomic E-state index is 0.0311. The van der Waals surface area contributed by atoms with Crippen molar-refractivity contribution in [2.75, 3.05) is 26.7 Å². The summed E-state index contributed by atoms with van der Waals surface area (Å²) in [5.74, 6) is -0.0905. The van der Waals surface area contributed by atoms with Crippen molar-refractivity contribution in [1.29, 1.82) is 0 Å². The molecule has 0 aromatic heterocycles. The largest absolute Gasteiger partial charge is 0.358 e. The lowest BCUT2D eigenvalue weighted by molar-refractivity contribution is -0.135. The van der Waals surface area contributed by atoms with Crippen molar-refractivity contribution in [3.63, 3.8) is 0 Å². The summed E-state index contributed by atoms with van der Waals surface area (Å²) >= 11 is 0. The van der Waals surface area contributed by atoms with E-state index in [1.165, 1.54) is 0 Å². The lowest BCUT2D eigenvalue weighted by atomic mass is 10.3. The number of carbonyl (C=O) groups is 2. The number of rotatable bonds is 8. The fraction of sp³-hybridized carbons (Fsp3) is 0.833. The van der Waals surface area contributed by atoms with Gasteiger partial charge in [0.2, 0.25) is 11.8 Å². The number of hydrogen-bond donors (Lipinski definition) is 2. The Morgan fingerprint density at radius 1 is 1.29 bits per heavy atom. The Bertz CT molecular complexity index is 242. The molecule has 0 spiro atoms. The van der Waals surface area contributed by atoms with Crippen LogP contribution in [-0.4, -0.2) is 49.4 Å². The third-order valence-electron chi connectivity index (χ3n) is 2.35. The maximum atomic E-state index is 11.9. The van der Waals surface area contributed by atoms with Crippen molar-refractivity contribution in [2.24, 2.45) is 0 Å². The van der Waals surface area contributed by atoms with Crippen LogP contribution in [0.1, 0.15) is 33.6 Å². The SMILES string of the molecule is CCCN(CC(=O)NC)C(=O)CCNC(C)C.